The molecule has 0 aliphatic carbocycles. The van der Waals surface area contributed by atoms with Crippen molar-refractivity contribution in [1.82, 2.24) is 25.1 Å². The lowest BCUT2D eigenvalue weighted by Gasteiger charge is -2.30. The van der Waals surface area contributed by atoms with Gasteiger partial charge in [-0.2, -0.15) is 0 Å². The predicted octanol–water partition coefficient (Wildman–Crippen LogP) is 2.56. The SMILES string of the molecule is CCNC(=NCC1CCN(Cc2nc(C)c(C)o2)CC1)NCCn1cccc1. The van der Waals surface area contributed by atoms with E-state index in [4.69, 9.17) is 9.41 Å². The maximum atomic E-state index is 5.72. The number of hydrogen-bond acceptors (Lipinski definition) is 4. The van der Waals surface area contributed by atoms with Crippen LogP contribution in [0.1, 0.15) is 37.1 Å². The van der Waals surface area contributed by atoms with Gasteiger partial charge in [0.05, 0.1) is 12.2 Å². The van der Waals surface area contributed by atoms with Gasteiger partial charge in [0.25, 0.3) is 0 Å². The Morgan fingerprint density at radius 1 is 1.21 bits per heavy atom. The maximum Gasteiger partial charge on any atom is 0.208 e. The number of aliphatic imine (C=N–C) groups is 1. The van der Waals surface area contributed by atoms with E-state index in [1.165, 1.54) is 12.8 Å². The molecule has 7 nitrogen and oxygen atoms in total. The molecule has 0 aromatic carbocycles. The second kappa shape index (κ2) is 10.3. The molecule has 2 N–H and O–H groups in total. The zero-order valence-corrected chi connectivity index (χ0v) is 17.4. The standard InChI is InChI=1S/C21H34N6O/c1-4-22-21(23-9-14-26-10-5-6-11-26)24-15-19-7-12-27(13-8-19)16-20-25-17(2)18(3)28-20/h5-6,10-11,19H,4,7-9,12-16H2,1-3H3,(H2,22,23,24). The lowest BCUT2D eigenvalue weighted by Crippen LogP contribution is -2.39. The fraction of sp³-hybridized carbons (Fsp3) is 0.619. The fourth-order valence-electron chi connectivity index (χ4n) is 3.51. The second-order valence-electron chi connectivity index (χ2n) is 7.54. The highest BCUT2D eigenvalue weighted by Crippen LogP contribution is 2.20. The van der Waals surface area contributed by atoms with Gasteiger partial charge in [-0.05, 0) is 64.8 Å². The summed E-state index contributed by atoms with van der Waals surface area (Å²) in [6, 6.07) is 4.10. The van der Waals surface area contributed by atoms with Gasteiger partial charge in [0, 0.05) is 38.6 Å². The monoisotopic (exact) mass is 386 g/mol. The Morgan fingerprint density at radius 2 is 1.96 bits per heavy atom. The van der Waals surface area contributed by atoms with Crippen molar-refractivity contribution in [3.05, 3.63) is 41.9 Å². The van der Waals surface area contributed by atoms with Crippen molar-refractivity contribution in [2.75, 3.05) is 32.7 Å². The molecular weight excluding hydrogens is 352 g/mol. The van der Waals surface area contributed by atoms with Crippen molar-refractivity contribution in [3.63, 3.8) is 0 Å². The van der Waals surface area contributed by atoms with Crippen molar-refractivity contribution in [3.8, 4) is 0 Å². The number of piperidine rings is 1. The molecule has 0 atom stereocenters. The van der Waals surface area contributed by atoms with Crippen LogP contribution in [-0.4, -0.2) is 53.1 Å². The summed E-state index contributed by atoms with van der Waals surface area (Å²) < 4.78 is 7.89. The van der Waals surface area contributed by atoms with E-state index in [0.717, 1.165) is 69.1 Å². The Balaban J connectivity index is 1.40. The third-order valence-corrected chi connectivity index (χ3v) is 5.32. The molecule has 0 unspecified atom stereocenters. The zero-order valence-electron chi connectivity index (χ0n) is 17.4. The first-order chi connectivity index (χ1) is 13.6. The molecule has 1 fully saturated rings. The number of guanidine groups is 1. The van der Waals surface area contributed by atoms with Crippen LogP contribution in [0.3, 0.4) is 0 Å². The number of oxazole rings is 1. The van der Waals surface area contributed by atoms with Crippen molar-refractivity contribution in [2.24, 2.45) is 10.9 Å². The molecule has 0 radical (unpaired) electrons. The van der Waals surface area contributed by atoms with Crippen LogP contribution < -0.4 is 10.6 Å². The number of aromatic nitrogens is 2. The average molecular weight is 387 g/mol. The van der Waals surface area contributed by atoms with Crippen molar-refractivity contribution < 1.29 is 4.42 Å². The summed E-state index contributed by atoms with van der Waals surface area (Å²) in [5.41, 5.74) is 0.999. The Morgan fingerprint density at radius 3 is 2.61 bits per heavy atom. The first kappa shape index (κ1) is 20.5. The van der Waals surface area contributed by atoms with Crippen LogP contribution >= 0.6 is 0 Å². The molecule has 2 aromatic rings. The minimum Gasteiger partial charge on any atom is -0.444 e. The Hall–Kier alpha value is -2.28. The molecule has 1 aliphatic heterocycles. The van der Waals surface area contributed by atoms with E-state index in [-0.39, 0.29) is 0 Å². The van der Waals surface area contributed by atoms with E-state index in [1.807, 2.05) is 13.8 Å². The van der Waals surface area contributed by atoms with Crippen LogP contribution in [0.5, 0.6) is 0 Å². The van der Waals surface area contributed by atoms with Gasteiger partial charge in [0.2, 0.25) is 5.89 Å². The first-order valence-electron chi connectivity index (χ1n) is 10.4. The molecule has 0 bridgehead atoms. The summed E-state index contributed by atoms with van der Waals surface area (Å²) in [5, 5.41) is 6.78. The number of nitrogens with one attached hydrogen (secondary N) is 2. The summed E-state index contributed by atoms with van der Waals surface area (Å²) in [6.07, 6.45) is 6.51. The first-order valence-corrected chi connectivity index (χ1v) is 10.4. The molecule has 3 rings (SSSR count). The van der Waals surface area contributed by atoms with Gasteiger partial charge in [-0.3, -0.25) is 9.89 Å². The molecule has 7 heteroatoms. The van der Waals surface area contributed by atoms with Crippen LogP contribution in [0.4, 0.5) is 0 Å². The number of likely N-dealkylation sites (tertiary alicyclic amines) is 1. The van der Waals surface area contributed by atoms with Gasteiger partial charge >= 0.3 is 0 Å². The fourth-order valence-corrected chi connectivity index (χ4v) is 3.51. The third-order valence-electron chi connectivity index (χ3n) is 5.32. The summed E-state index contributed by atoms with van der Waals surface area (Å²) in [6.45, 7) is 12.6. The quantitative estimate of drug-likeness (QED) is 0.539. The Labute approximate surface area is 168 Å². The van der Waals surface area contributed by atoms with Gasteiger partial charge < -0.3 is 19.6 Å². The highest BCUT2D eigenvalue weighted by atomic mass is 16.4. The molecule has 154 valence electrons. The molecule has 28 heavy (non-hydrogen) atoms. The van der Waals surface area contributed by atoms with E-state index in [0.29, 0.717) is 5.92 Å². The summed E-state index contributed by atoms with van der Waals surface area (Å²) in [5.74, 6) is 3.33. The molecule has 1 saturated heterocycles. The number of nitrogens with zero attached hydrogens (tertiary/aromatic N) is 4. The Kier molecular flexibility index (Phi) is 7.54. The van der Waals surface area contributed by atoms with Gasteiger partial charge in [-0.15, -0.1) is 0 Å². The van der Waals surface area contributed by atoms with Crippen molar-refractivity contribution in [1.29, 1.82) is 0 Å². The average Bonchev–Trinajstić information content (AvgIpc) is 3.31. The van der Waals surface area contributed by atoms with E-state index in [1.54, 1.807) is 0 Å². The van der Waals surface area contributed by atoms with Crippen LogP contribution in [0.15, 0.2) is 33.9 Å². The number of rotatable bonds is 8. The highest BCUT2D eigenvalue weighted by Gasteiger charge is 2.20. The van der Waals surface area contributed by atoms with E-state index < -0.39 is 0 Å². The topological polar surface area (TPSA) is 70.6 Å². The van der Waals surface area contributed by atoms with Gasteiger partial charge in [-0.1, -0.05) is 0 Å². The molecular formula is C21H34N6O. The van der Waals surface area contributed by atoms with E-state index >= 15 is 0 Å². The van der Waals surface area contributed by atoms with Crippen molar-refractivity contribution >= 4 is 5.96 Å². The van der Waals surface area contributed by atoms with E-state index in [2.05, 4.69) is 56.5 Å². The number of aryl methyl sites for hydroxylation is 2. The lowest BCUT2D eigenvalue weighted by molar-refractivity contribution is 0.166. The normalized spacial score (nSPS) is 16.5. The van der Waals surface area contributed by atoms with Crippen LogP contribution in [0.25, 0.3) is 0 Å². The van der Waals surface area contributed by atoms with Gasteiger partial charge in [-0.25, -0.2) is 4.98 Å². The highest BCUT2D eigenvalue weighted by molar-refractivity contribution is 5.79. The maximum absolute atomic E-state index is 5.72. The molecule has 3 heterocycles. The van der Waals surface area contributed by atoms with Crippen molar-refractivity contribution in [2.45, 2.75) is 46.7 Å². The van der Waals surface area contributed by atoms with Gasteiger partial charge in [0.15, 0.2) is 5.96 Å². The largest absolute Gasteiger partial charge is 0.444 e. The summed E-state index contributed by atoms with van der Waals surface area (Å²) >= 11 is 0. The van der Waals surface area contributed by atoms with Crippen LogP contribution in [0, 0.1) is 19.8 Å². The second-order valence-corrected chi connectivity index (χ2v) is 7.54. The molecule has 0 saturated carbocycles. The lowest BCUT2D eigenvalue weighted by atomic mass is 9.97. The zero-order chi connectivity index (χ0) is 19.8. The van der Waals surface area contributed by atoms with E-state index in [9.17, 15) is 0 Å². The van der Waals surface area contributed by atoms with Crippen LogP contribution in [0.2, 0.25) is 0 Å². The molecule has 1 aliphatic rings. The smallest absolute Gasteiger partial charge is 0.208 e. The van der Waals surface area contributed by atoms with Crippen LogP contribution in [-0.2, 0) is 13.1 Å². The third kappa shape index (κ3) is 6.12. The van der Waals surface area contributed by atoms with Gasteiger partial charge in [0.1, 0.15) is 5.76 Å². The summed E-state index contributed by atoms with van der Waals surface area (Å²) in [7, 11) is 0. The number of hydrogen-bond donors (Lipinski definition) is 2. The Bertz CT molecular complexity index is 709. The molecule has 0 spiro atoms. The summed E-state index contributed by atoms with van der Waals surface area (Å²) in [4.78, 5) is 11.8. The predicted molar refractivity (Wildman–Crippen MR) is 112 cm³/mol. The molecule has 0 amide bonds. The molecule has 2 aromatic heterocycles. The minimum absolute atomic E-state index is 0.643. The minimum atomic E-state index is 0.643.